The number of halogens is 1. The number of carbonyl (C=O) groups is 2. The number of carboxylic acids is 2. The van der Waals surface area contributed by atoms with Crippen LogP contribution in [0.3, 0.4) is 0 Å². The van der Waals surface area contributed by atoms with Gasteiger partial charge in [-0.3, -0.25) is 0 Å². The van der Waals surface area contributed by atoms with E-state index in [9.17, 15) is 14.7 Å². The van der Waals surface area contributed by atoms with Crippen molar-refractivity contribution in [2.24, 2.45) is 0 Å². The van der Waals surface area contributed by atoms with Gasteiger partial charge in [-0.1, -0.05) is 47.6 Å². The summed E-state index contributed by atoms with van der Waals surface area (Å²) < 4.78 is 6.22. The molecule has 1 heterocycles. The zero-order valence-corrected chi connectivity index (χ0v) is 18.3. The lowest BCUT2D eigenvalue weighted by Gasteiger charge is -2.19. The van der Waals surface area contributed by atoms with E-state index in [-0.39, 0.29) is 6.10 Å². The molecule has 0 amide bonds. The number of hydrogen-bond donors (Lipinski definition) is 2. The number of carboxylic acid groups (broad SMARTS) is 2. The molecule has 2 aromatic carbocycles. The first-order valence-electron chi connectivity index (χ1n) is 9.34. The Morgan fingerprint density at radius 3 is 2.60 bits per heavy atom. The smallest absolute Gasteiger partial charge is 0.328 e. The summed E-state index contributed by atoms with van der Waals surface area (Å²) in [6, 6.07) is 14.7. The summed E-state index contributed by atoms with van der Waals surface area (Å²) in [5.41, 5.74) is 2.60. The monoisotopic (exact) mass is 449 g/mol. The number of fused-ring (bicyclic) bond motifs is 2. The van der Waals surface area contributed by atoms with E-state index in [1.165, 1.54) is 25.8 Å². The van der Waals surface area contributed by atoms with Crippen molar-refractivity contribution in [1.29, 1.82) is 0 Å². The van der Waals surface area contributed by atoms with Crippen LogP contribution in [0.4, 0.5) is 0 Å². The predicted molar refractivity (Wildman–Crippen MR) is 114 cm³/mol. The number of ether oxygens (including phenoxy) is 1. The Kier molecular flexibility index (Phi) is 9.39. The van der Waals surface area contributed by atoms with Crippen LogP contribution in [0, 0.1) is 0 Å². The fourth-order valence-electron chi connectivity index (χ4n) is 2.75. The molecule has 1 unspecified atom stereocenters. The first-order chi connectivity index (χ1) is 14.3. The lowest BCUT2D eigenvalue weighted by atomic mass is 10.0. The Hall–Kier alpha value is -2.32. The number of likely N-dealkylation sites (N-methyl/N-ethyl adjacent to an activating group) is 1. The van der Waals surface area contributed by atoms with Gasteiger partial charge in [0.25, 0.3) is 0 Å². The van der Waals surface area contributed by atoms with Gasteiger partial charge in [0.05, 0.1) is 32.8 Å². The molecule has 30 heavy (non-hydrogen) atoms. The highest BCUT2D eigenvalue weighted by Gasteiger charge is 2.23. The molecular formula is C22H24ClNO5S. The van der Waals surface area contributed by atoms with Gasteiger partial charge in [0.2, 0.25) is 0 Å². The molecule has 0 aromatic heterocycles. The number of benzene rings is 2. The molecule has 0 saturated carbocycles. The molecule has 0 radical (unpaired) electrons. The molecule has 0 fully saturated rings. The highest BCUT2D eigenvalue weighted by atomic mass is 35.5. The fourth-order valence-corrected chi connectivity index (χ4v) is 4.16. The number of quaternary nitrogens is 1. The molecule has 160 valence electrons. The first-order valence-corrected chi connectivity index (χ1v) is 10.5. The minimum Gasteiger partial charge on any atom is -0.545 e. The molecule has 8 heteroatoms. The number of hydrogen-bond acceptors (Lipinski definition) is 5. The average Bonchev–Trinajstić information content (AvgIpc) is 2.83. The van der Waals surface area contributed by atoms with Crippen molar-refractivity contribution in [2.45, 2.75) is 22.3 Å². The van der Waals surface area contributed by atoms with Crippen LogP contribution >= 0.6 is 23.4 Å². The molecule has 3 rings (SSSR count). The molecule has 0 aliphatic carbocycles. The molecular weight excluding hydrogens is 426 g/mol. The summed E-state index contributed by atoms with van der Waals surface area (Å²) in [5.74, 6) is -2.80. The lowest BCUT2D eigenvalue weighted by Crippen LogP contribution is -3.06. The summed E-state index contributed by atoms with van der Waals surface area (Å²) in [4.78, 5) is 22.9. The van der Waals surface area contributed by atoms with Gasteiger partial charge >= 0.3 is 5.97 Å². The van der Waals surface area contributed by atoms with Crippen molar-refractivity contribution in [3.8, 4) is 0 Å². The van der Waals surface area contributed by atoms with Crippen LogP contribution in [0.5, 0.6) is 0 Å². The van der Waals surface area contributed by atoms with E-state index in [0.717, 1.165) is 24.6 Å². The maximum atomic E-state index is 9.53. The minimum absolute atomic E-state index is 0.116. The molecule has 2 N–H and O–H groups in total. The van der Waals surface area contributed by atoms with Crippen LogP contribution in [0.25, 0.3) is 0 Å². The van der Waals surface area contributed by atoms with E-state index >= 15 is 0 Å². The lowest BCUT2D eigenvalue weighted by molar-refractivity contribution is -0.858. The van der Waals surface area contributed by atoms with Gasteiger partial charge in [0.1, 0.15) is 6.54 Å². The second kappa shape index (κ2) is 11.8. The molecule has 0 saturated heterocycles. The van der Waals surface area contributed by atoms with Crippen molar-refractivity contribution in [2.75, 3.05) is 27.2 Å². The molecule has 2 aromatic rings. The zero-order valence-electron chi connectivity index (χ0n) is 16.8. The van der Waals surface area contributed by atoms with E-state index < -0.39 is 11.9 Å². The number of rotatable bonds is 6. The van der Waals surface area contributed by atoms with Crippen LogP contribution in [-0.4, -0.2) is 44.3 Å². The van der Waals surface area contributed by atoms with Gasteiger partial charge in [0.15, 0.2) is 0 Å². The Bertz CT molecular complexity index is 900. The Morgan fingerprint density at radius 1 is 1.23 bits per heavy atom. The van der Waals surface area contributed by atoms with E-state index in [1.807, 2.05) is 6.07 Å². The second-order valence-electron chi connectivity index (χ2n) is 6.90. The van der Waals surface area contributed by atoms with Gasteiger partial charge in [-0.2, -0.15) is 0 Å². The molecule has 6 nitrogen and oxygen atoms in total. The SMILES string of the molecule is C[NH+](C)CCOC1Cc2ccc(Cl)cc2Sc2ccccc21.O=C([O-])/C=C\C(=O)O. The Balaban J connectivity index is 0.000000343. The number of aliphatic carboxylic acids is 2. The van der Waals surface area contributed by atoms with E-state index in [2.05, 4.69) is 50.5 Å². The standard InChI is InChI=1S/C18H20ClNOS.C4H4O4/c1-20(2)9-10-21-16-11-13-7-8-14(19)12-18(13)22-17-6-4-3-5-15(16)17;5-3(6)1-2-4(7)8/h3-8,12,16H,9-11H2,1-2H3;1-2H,(H,5,6)(H,7,8)/b;2-1-. The fraction of sp³-hybridized carbons (Fsp3) is 0.273. The molecule has 1 aliphatic heterocycles. The second-order valence-corrected chi connectivity index (χ2v) is 8.42. The maximum absolute atomic E-state index is 9.53. The van der Waals surface area contributed by atoms with Gasteiger partial charge in [0, 0.05) is 27.3 Å². The summed E-state index contributed by atoms with van der Waals surface area (Å²) >= 11 is 7.96. The highest BCUT2D eigenvalue weighted by molar-refractivity contribution is 7.99. The maximum Gasteiger partial charge on any atom is 0.328 e. The van der Waals surface area contributed by atoms with Crippen LogP contribution < -0.4 is 10.0 Å². The van der Waals surface area contributed by atoms with Crippen molar-refractivity contribution < 1.29 is 29.4 Å². The molecule has 0 bridgehead atoms. The van der Waals surface area contributed by atoms with Gasteiger partial charge in [-0.05, 0) is 35.4 Å². The zero-order chi connectivity index (χ0) is 22.1. The summed E-state index contributed by atoms with van der Waals surface area (Å²) in [7, 11) is 4.30. The topological polar surface area (TPSA) is 91.1 Å². The summed E-state index contributed by atoms with van der Waals surface area (Å²) in [6.07, 6.45) is 1.96. The minimum atomic E-state index is -1.51. The third-order valence-electron chi connectivity index (χ3n) is 4.20. The third-order valence-corrected chi connectivity index (χ3v) is 5.63. The van der Waals surface area contributed by atoms with E-state index in [4.69, 9.17) is 21.4 Å². The largest absolute Gasteiger partial charge is 0.545 e. The average molecular weight is 450 g/mol. The normalized spacial score (nSPS) is 15.0. The molecule has 0 spiro atoms. The van der Waals surface area contributed by atoms with Crippen molar-refractivity contribution in [1.82, 2.24) is 0 Å². The summed E-state index contributed by atoms with van der Waals surface area (Å²) in [5, 5.41) is 18.0. The van der Waals surface area contributed by atoms with Gasteiger partial charge in [-0.15, -0.1) is 0 Å². The molecule has 1 atom stereocenters. The quantitative estimate of drug-likeness (QED) is 0.651. The van der Waals surface area contributed by atoms with Crippen LogP contribution in [0.15, 0.2) is 64.4 Å². The van der Waals surface area contributed by atoms with E-state index in [0.29, 0.717) is 12.2 Å². The number of nitrogens with one attached hydrogen (secondary N) is 1. The van der Waals surface area contributed by atoms with Crippen molar-refractivity contribution >= 4 is 35.3 Å². The van der Waals surface area contributed by atoms with E-state index in [1.54, 1.807) is 11.8 Å². The first kappa shape index (κ1) is 24.0. The van der Waals surface area contributed by atoms with Crippen LogP contribution in [-0.2, 0) is 20.7 Å². The van der Waals surface area contributed by atoms with Gasteiger partial charge < -0.3 is 24.6 Å². The van der Waals surface area contributed by atoms with Crippen molar-refractivity contribution in [3.63, 3.8) is 0 Å². The molecule has 1 aliphatic rings. The predicted octanol–water partition coefficient (Wildman–Crippen LogP) is 1.63. The summed E-state index contributed by atoms with van der Waals surface area (Å²) in [6.45, 7) is 1.79. The van der Waals surface area contributed by atoms with Crippen LogP contribution in [0.2, 0.25) is 5.02 Å². The van der Waals surface area contributed by atoms with Gasteiger partial charge in [-0.25, -0.2) is 4.79 Å². The highest BCUT2D eigenvalue weighted by Crippen LogP contribution is 2.42. The number of carbonyl (C=O) groups excluding carboxylic acids is 1. The Labute approximate surface area is 185 Å². The van der Waals surface area contributed by atoms with Crippen molar-refractivity contribution in [3.05, 3.63) is 70.8 Å². The Morgan fingerprint density at radius 2 is 1.97 bits per heavy atom. The third kappa shape index (κ3) is 7.84. The van der Waals surface area contributed by atoms with Crippen LogP contribution in [0.1, 0.15) is 17.2 Å².